The summed E-state index contributed by atoms with van der Waals surface area (Å²) in [5, 5.41) is 4.73. The number of fused-ring (bicyclic) bond motifs is 1. The first-order valence-corrected chi connectivity index (χ1v) is 19.0. The maximum atomic E-state index is 13.5. The lowest BCUT2D eigenvalue weighted by molar-refractivity contribution is -0.137. The summed E-state index contributed by atoms with van der Waals surface area (Å²) in [6.07, 6.45) is -4.31. The van der Waals surface area contributed by atoms with Crippen molar-refractivity contribution in [3.8, 4) is 5.69 Å². The van der Waals surface area contributed by atoms with Crippen molar-refractivity contribution in [1.82, 2.24) is 24.9 Å². The molecule has 0 aliphatic heterocycles. The van der Waals surface area contributed by atoms with E-state index in [2.05, 4.69) is 15.6 Å². The average molecular weight is 794 g/mol. The molecule has 0 aliphatic rings. The molecule has 1 unspecified atom stereocenters. The van der Waals surface area contributed by atoms with Crippen LogP contribution >= 0.6 is 11.6 Å². The van der Waals surface area contributed by atoms with Crippen LogP contribution in [0.3, 0.4) is 0 Å². The number of carbonyl (C=O) groups excluding carboxylic acids is 2. The molecule has 0 fully saturated rings. The number of imidazole rings is 1. The lowest BCUT2D eigenvalue weighted by atomic mass is 10.1. The summed E-state index contributed by atoms with van der Waals surface area (Å²) in [6, 6.07) is 19.5. The van der Waals surface area contributed by atoms with Crippen molar-refractivity contribution in [2.24, 2.45) is 0 Å². The molecule has 0 saturated heterocycles. The molecule has 1 aromatic heterocycles. The van der Waals surface area contributed by atoms with Gasteiger partial charge in [-0.2, -0.15) is 21.6 Å². The fourth-order valence-electron chi connectivity index (χ4n) is 5.04. The predicted molar refractivity (Wildman–Crippen MR) is 193 cm³/mol. The number of urea groups is 1. The molecule has 0 spiro atoms. The zero-order chi connectivity index (χ0) is 39.3. The van der Waals surface area contributed by atoms with E-state index in [0.717, 1.165) is 22.8 Å². The minimum absolute atomic E-state index is 0.0334. The van der Waals surface area contributed by atoms with Crippen molar-refractivity contribution in [2.75, 3.05) is 6.54 Å². The van der Waals surface area contributed by atoms with Gasteiger partial charge < -0.3 is 10.6 Å². The third-order valence-electron chi connectivity index (χ3n) is 7.65. The van der Waals surface area contributed by atoms with E-state index in [1.165, 1.54) is 37.3 Å². The molecule has 5 aromatic rings. The number of halogens is 4. The molecule has 0 aliphatic carbocycles. The van der Waals surface area contributed by atoms with E-state index in [-0.39, 0.29) is 27.8 Å². The topological polar surface area (TPSA) is 177 Å². The largest absolute Gasteiger partial charge is 0.417 e. The maximum Gasteiger partial charge on any atom is 0.417 e. The first-order chi connectivity index (χ1) is 24.7. The SMILES string of the molecule is CC(=O)NC(C)c1nc2cc(C(F)(F)F)c(Cl)cc2n1-c1ccc(CCNC(=O)NS(=O)(=O)c2ccc(C)cc2)cc1.Cc1ccc(S(=O)(=O)O)cc1. The number of benzene rings is 4. The number of nitrogens with zero attached hydrogens (tertiary/aromatic N) is 2. The number of hydrogen-bond donors (Lipinski definition) is 4. The summed E-state index contributed by atoms with van der Waals surface area (Å²) in [6.45, 7) is 6.77. The van der Waals surface area contributed by atoms with Gasteiger partial charge in [0.15, 0.2) is 0 Å². The van der Waals surface area contributed by atoms with Crippen LogP contribution in [0.1, 0.15) is 48.0 Å². The summed E-state index contributed by atoms with van der Waals surface area (Å²) < 4.78 is 98.3. The Morgan fingerprint density at radius 1 is 0.887 bits per heavy atom. The maximum absolute atomic E-state index is 13.5. The van der Waals surface area contributed by atoms with Gasteiger partial charge >= 0.3 is 12.2 Å². The monoisotopic (exact) mass is 793 g/mol. The van der Waals surface area contributed by atoms with E-state index in [0.29, 0.717) is 23.4 Å². The Labute approximate surface area is 309 Å². The van der Waals surface area contributed by atoms with E-state index in [9.17, 15) is 39.6 Å². The Morgan fingerprint density at radius 3 is 1.94 bits per heavy atom. The van der Waals surface area contributed by atoms with E-state index in [4.69, 9.17) is 16.2 Å². The van der Waals surface area contributed by atoms with Crippen LogP contribution < -0.4 is 15.4 Å². The highest BCUT2D eigenvalue weighted by Crippen LogP contribution is 2.38. The van der Waals surface area contributed by atoms with Crippen LogP contribution in [0.5, 0.6) is 0 Å². The molecule has 53 heavy (non-hydrogen) atoms. The molecule has 0 saturated carbocycles. The molecule has 1 atom stereocenters. The summed E-state index contributed by atoms with van der Waals surface area (Å²) in [7, 11) is -8.04. The first-order valence-electron chi connectivity index (χ1n) is 15.7. The molecular formula is C35H35ClF3N5O7S2. The van der Waals surface area contributed by atoms with Crippen molar-refractivity contribution in [2.45, 2.75) is 56.1 Å². The third kappa shape index (κ3) is 10.8. The van der Waals surface area contributed by atoms with E-state index in [1.807, 2.05) is 18.6 Å². The second-order valence-corrected chi connectivity index (χ2v) is 15.4. The minimum Gasteiger partial charge on any atom is -0.347 e. The Morgan fingerprint density at radius 2 is 1.43 bits per heavy atom. The van der Waals surface area contributed by atoms with Crippen molar-refractivity contribution in [3.05, 3.63) is 118 Å². The van der Waals surface area contributed by atoms with Gasteiger partial charge in [0.1, 0.15) is 5.82 Å². The van der Waals surface area contributed by atoms with E-state index >= 15 is 0 Å². The molecule has 4 N–H and O–H groups in total. The molecule has 18 heteroatoms. The van der Waals surface area contributed by atoms with Gasteiger partial charge in [0.05, 0.1) is 37.5 Å². The highest BCUT2D eigenvalue weighted by molar-refractivity contribution is 7.90. The number of rotatable bonds is 9. The molecule has 0 radical (unpaired) electrons. The summed E-state index contributed by atoms with van der Waals surface area (Å²) in [5.41, 5.74) is 2.54. The molecular weight excluding hydrogens is 759 g/mol. The van der Waals surface area contributed by atoms with Crippen LogP contribution in [0.2, 0.25) is 5.02 Å². The summed E-state index contributed by atoms with van der Waals surface area (Å²) in [5.74, 6) is -0.0369. The number of aryl methyl sites for hydroxylation is 2. The van der Waals surface area contributed by atoms with Gasteiger partial charge in [-0.05, 0) is 81.3 Å². The molecule has 1 heterocycles. The van der Waals surface area contributed by atoms with Crippen LogP contribution in [-0.2, 0) is 37.5 Å². The zero-order valence-electron chi connectivity index (χ0n) is 28.7. The Balaban J connectivity index is 0.000000488. The number of aromatic nitrogens is 2. The van der Waals surface area contributed by atoms with Gasteiger partial charge in [0.25, 0.3) is 20.1 Å². The molecule has 282 valence electrons. The lowest BCUT2D eigenvalue weighted by Crippen LogP contribution is -2.40. The molecule has 12 nitrogen and oxygen atoms in total. The Bertz CT molecular complexity index is 2330. The highest BCUT2D eigenvalue weighted by Gasteiger charge is 2.34. The lowest BCUT2D eigenvalue weighted by Gasteiger charge is -2.16. The normalized spacial score (nSPS) is 12.4. The highest BCUT2D eigenvalue weighted by atomic mass is 35.5. The number of alkyl halides is 3. The van der Waals surface area contributed by atoms with Crippen molar-refractivity contribution < 1.29 is 44.1 Å². The fourth-order valence-corrected chi connectivity index (χ4v) is 6.72. The standard InChI is InChI=1S/C28H27ClF3N5O4S.C7H8O3S/c1-16-4-10-21(11-5-16)42(40,41)36-27(39)33-13-12-19-6-8-20(9-7-19)37-25-15-23(29)22(28(30,31)32)14-24(25)35-26(37)17(2)34-18(3)38;1-6-2-4-7(5-3-6)11(8,9)10/h4-11,14-15,17H,12-13H2,1-3H3,(H,34,38)(H2,33,36,39);2-5H,1H3,(H,8,9,10). The Hall–Kier alpha value is -4.97. The van der Waals surface area contributed by atoms with Crippen LogP contribution in [0.25, 0.3) is 16.7 Å². The van der Waals surface area contributed by atoms with Crippen molar-refractivity contribution in [3.63, 3.8) is 0 Å². The quantitative estimate of drug-likeness (QED) is 0.120. The molecule has 4 aromatic carbocycles. The average Bonchev–Trinajstić information content (AvgIpc) is 3.42. The van der Waals surface area contributed by atoms with Gasteiger partial charge in [-0.25, -0.2) is 22.9 Å². The smallest absolute Gasteiger partial charge is 0.347 e. The second kappa shape index (κ2) is 16.4. The Kier molecular flexibility index (Phi) is 12.6. The molecule has 0 bridgehead atoms. The predicted octanol–water partition coefficient (Wildman–Crippen LogP) is 6.68. The van der Waals surface area contributed by atoms with Gasteiger partial charge in [-0.3, -0.25) is 13.9 Å². The summed E-state index contributed by atoms with van der Waals surface area (Å²) >= 11 is 6.00. The molecule has 3 amide bonds. The van der Waals surface area contributed by atoms with E-state index in [1.54, 1.807) is 60.0 Å². The second-order valence-electron chi connectivity index (χ2n) is 11.9. The van der Waals surface area contributed by atoms with Crippen LogP contribution in [0.4, 0.5) is 18.0 Å². The third-order valence-corrected chi connectivity index (χ3v) is 10.2. The summed E-state index contributed by atoms with van der Waals surface area (Å²) in [4.78, 5) is 28.2. The zero-order valence-corrected chi connectivity index (χ0v) is 31.1. The van der Waals surface area contributed by atoms with Crippen molar-refractivity contribution >= 4 is 54.7 Å². The number of carbonyl (C=O) groups is 2. The minimum atomic E-state index is -4.67. The van der Waals surface area contributed by atoms with E-state index < -0.39 is 49.0 Å². The van der Waals surface area contributed by atoms with Gasteiger partial charge in [-0.1, -0.05) is 59.1 Å². The van der Waals surface area contributed by atoms with Crippen LogP contribution in [0, 0.1) is 13.8 Å². The van der Waals surface area contributed by atoms with Gasteiger partial charge in [0, 0.05) is 19.2 Å². The van der Waals surface area contributed by atoms with Crippen LogP contribution in [-0.4, -0.2) is 49.4 Å². The molecule has 5 rings (SSSR count). The number of nitrogens with one attached hydrogen (secondary N) is 3. The van der Waals surface area contributed by atoms with Gasteiger partial charge in [-0.15, -0.1) is 0 Å². The fraction of sp³-hybridized carbons (Fsp3) is 0.229. The number of hydrogen-bond acceptors (Lipinski definition) is 7. The number of sulfonamides is 1. The van der Waals surface area contributed by atoms with Crippen LogP contribution in [0.15, 0.2) is 94.7 Å². The van der Waals surface area contributed by atoms with Crippen molar-refractivity contribution in [1.29, 1.82) is 0 Å². The van der Waals surface area contributed by atoms with Gasteiger partial charge in [0.2, 0.25) is 5.91 Å². The first kappa shape index (κ1) is 40.8. The number of amides is 3.